The molecule has 15 heteroatoms. The van der Waals surface area contributed by atoms with Crippen molar-refractivity contribution in [2.24, 2.45) is 10.8 Å². The second-order valence-electron chi connectivity index (χ2n) is 18.8. The fraction of sp³-hybridized carbons (Fsp3) is 0.521. The summed E-state index contributed by atoms with van der Waals surface area (Å²) in [5.41, 5.74) is 1.51. The first-order chi connectivity index (χ1) is 30.1. The SMILES string of the molecule is COc1cc(OC2C(C)(C)C(NC(=O)c3ccc(N4CCC5(CC4)CN(C4CC(Oc6ccc(C(=O)N[C@H]7CCC(=O)NC7=O)c(OC)c6)C4)CCO5)cc3)C2(C)C)ccc1C#N. The molecule has 3 N–H and O–H groups in total. The Morgan fingerprint density at radius 1 is 0.841 bits per heavy atom. The minimum absolute atomic E-state index is 0.0383. The van der Waals surface area contributed by atoms with E-state index in [2.05, 4.69) is 59.5 Å². The molecule has 3 saturated heterocycles. The van der Waals surface area contributed by atoms with Crippen LogP contribution in [0.2, 0.25) is 0 Å². The second-order valence-corrected chi connectivity index (χ2v) is 18.8. The lowest BCUT2D eigenvalue weighted by molar-refractivity contribution is -0.164. The number of amides is 4. The molecule has 5 fully saturated rings. The quantitative estimate of drug-likeness (QED) is 0.208. The number of anilines is 1. The number of methoxy groups -OCH3 is 2. The zero-order valence-corrected chi connectivity index (χ0v) is 37.0. The highest BCUT2D eigenvalue weighted by Gasteiger charge is 2.64. The Balaban J connectivity index is 0.793. The third-order valence-corrected chi connectivity index (χ3v) is 14.0. The fourth-order valence-electron chi connectivity index (χ4n) is 10.6. The number of nitrogens with one attached hydrogen (secondary N) is 3. The monoisotopic (exact) mass is 862 g/mol. The largest absolute Gasteiger partial charge is 0.496 e. The van der Waals surface area contributed by atoms with Crippen molar-refractivity contribution in [2.45, 2.75) is 102 Å². The molecule has 3 aromatic rings. The first kappa shape index (κ1) is 43.8. The molecule has 0 aromatic heterocycles. The van der Waals surface area contributed by atoms with Gasteiger partial charge in [-0.25, -0.2) is 0 Å². The highest BCUT2D eigenvalue weighted by Crippen LogP contribution is 2.55. The summed E-state index contributed by atoms with van der Waals surface area (Å²) in [4.78, 5) is 55.2. The standard InChI is InChI=1S/C48H58N6O9/c1-46(2)44(47(3,4)45(46)63-34-12-9-30(27-49)38(25-34)59-5)52-41(56)29-7-10-31(11-8-29)53-19-17-48(18-20-53)28-54(21-22-61-48)32-23-35(24-32)62-33-13-14-36(39(26-33)60-6)42(57)50-37-15-16-40(55)51-43(37)58/h7-14,25-26,32,35,37,44-45H,15-24,28H2,1-6H3,(H,50,57)(H,52,56)(H,51,55,58)/t32?,35?,37-,44?,45?/m0/s1. The van der Waals surface area contributed by atoms with Crippen LogP contribution in [-0.4, -0.2) is 111 Å². The van der Waals surface area contributed by atoms with Gasteiger partial charge in [0, 0.05) is 91.7 Å². The van der Waals surface area contributed by atoms with Gasteiger partial charge in [-0.3, -0.25) is 29.4 Å². The zero-order valence-electron chi connectivity index (χ0n) is 37.0. The molecule has 0 radical (unpaired) electrons. The number of rotatable bonds is 12. The highest BCUT2D eigenvalue weighted by atomic mass is 16.5. The van der Waals surface area contributed by atoms with Gasteiger partial charge >= 0.3 is 0 Å². The van der Waals surface area contributed by atoms with Gasteiger partial charge in [0.2, 0.25) is 11.8 Å². The summed E-state index contributed by atoms with van der Waals surface area (Å²) < 4.78 is 30.2. The number of imide groups is 1. The van der Waals surface area contributed by atoms with Crippen molar-refractivity contribution in [3.63, 3.8) is 0 Å². The second kappa shape index (κ2) is 17.4. The number of benzene rings is 3. The number of carbonyl (C=O) groups excluding carboxylic acids is 4. The number of morpholine rings is 1. The van der Waals surface area contributed by atoms with Crippen molar-refractivity contribution in [3.05, 3.63) is 77.4 Å². The van der Waals surface area contributed by atoms with Gasteiger partial charge < -0.3 is 39.2 Å². The van der Waals surface area contributed by atoms with E-state index >= 15 is 0 Å². The van der Waals surface area contributed by atoms with Crippen molar-refractivity contribution in [1.82, 2.24) is 20.9 Å². The smallest absolute Gasteiger partial charge is 0.255 e. The Hall–Kier alpha value is -5.85. The van der Waals surface area contributed by atoms with Gasteiger partial charge in [0.25, 0.3) is 11.8 Å². The minimum Gasteiger partial charge on any atom is -0.496 e. The zero-order chi connectivity index (χ0) is 44.7. The third kappa shape index (κ3) is 8.75. The number of piperidine rings is 2. The van der Waals surface area contributed by atoms with Gasteiger partial charge in [0.1, 0.15) is 47.3 Å². The summed E-state index contributed by atoms with van der Waals surface area (Å²) in [7, 11) is 3.02. The molecule has 4 amide bonds. The van der Waals surface area contributed by atoms with E-state index in [4.69, 9.17) is 23.7 Å². The Labute approximate surface area is 368 Å². The lowest BCUT2D eigenvalue weighted by atomic mass is 9.49. The first-order valence-corrected chi connectivity index (χ1v) is 21.9. The number of nitrogens with zero attached hydrogens (tertiary/aromatic N) is 3. The van der Waals surface area contributed by atoms with Crippen molar-refractivity contribution in [3.8, 4) is 29.1 Å². The predicted molar refractivity (Wildman–Crippen MR) is 233 cm³/mol. The molecule has 2 aliphatic carbocycles. The normalized spacial score (nSPS) is 25.9. The first-order valence-electron chi connectivity index (χ1n) is 21.9. The molecule has 5 aliphatic rings. The predicted octanol–water partition coefficient (Wildman–Crippen LogP) is 5.00. The molecule has 3 aromatic carbocycles. The maximum absolute atomic E-state index is 13.6. The van der Waals surface area contributed by atoms with Crippen molar-refractivity contribution in [2.75, 3.05) is 51.9 Å². The Bertz CT molecular complexity index is 2260. The summed E-state index contributed by atoms with van der Waals surface area (Å²) >= 11 is 0. The fourth-order valence-corrected chi connectivity index (χ4v) is 10.6. The van der Waals surface area contributed by atoms with Crippen molar-refractivity contribution >= 4 is 29.3 Å². The molecule has 1 spiro atoms. The number of hydrogen-bond donors (Lipinski definition) is 3. The van der Waals surface area contributed by atoms with Gasteiger partial charge in [-0.15, -0.1) is 0 Å². The molecule has 63 heavy (non-hydrogen) atoms. The maximum atomic E-state index is 13.6. The molecule has 0 bridgehead atoms. The van der Waals surface area contributed by atoms with Gasteiger partial charge in [0.15, 0.2) is 0 Å². The van der Waals surface area contributed by atoms with Gasteiger partial charge in [0.05, 0.1) is 37.6 Å². The molecule has 2 saturated carbocycles. The van der Waals surface area contributed by atoms with E-state index in [1.165, 1.54) is 14.2 Å². The number of ether oxygens (including phenoxy) is 5. The van der Waals surface area contributed by atoms with Crippen LogP contribution in [0.3, 0.4) is 0 Å². The minimum atomic E-state index is -0.778. The Kier molecular flexibility index (Phi) is 12.1. The Morgan fingerprint density at radius 2 is 1.51 bits per heavy atom. The summed E-state index contributed by atoms with van der Waals surface area (Å²) in [6.07, 6.45) is 3.88. The molecule has 8 rings (SSSR count). The summed E-state index contributed by atoms with van der Waals surface area (Å²) in [5, 5.41) is 17.6. The molecule has 334 valence electrons. The molecule has 3 aliphatic heterocycles. The highest BCUT2D eigenvalue weighted by molar-refractivity contribution is 6.04. The van der Waals surface area contributed by atoms with Crippen LogP contribution in [0.25, 0.3) is 0 Å². The van der Waals surface area contributed by atoms with Crippen LogP contribution in [0.5, 0.6) is 23.0 Å². The maximum Gasteiger partial charge on any atom is 0.255 e. The molecule has 15 nitrogen and oxygen atoms in total. The lowest BCUT2D eigenvalue weighted by Gasteiger charge is -2.63. The van der Waals surface area contributed by atoms with Crippen LogP contribution in [0.4, 0.5) is 5.69 Å². The third-order valence-electron chi connectivity index (χ3n) is 14.0. The van der Waals surface area contributed by atoms with Gasteiger partial charge in [-0.2, -0.15) is 5.26 Å². The van der Waals surface area contributed by atoms with Crippen molar-refractivity contribution < 1.29 is 42.9 Å². The topological polar surface area (TPSA) is 181 Å². The lowest BCUT2D eigenvalue weighted by Crippen LogP contribution is -2.74. The van der Waals surface area contributed by atoms with E-state index < -0.39 is 17.9 Å². The molecular weight excluding hydrogens is 805 g/mol. The average molecular weight is 863 g/mol. The van der Waals surface area contributed by atoms with Crippen LogP contribution in [0, 0.1) is 22.2 Å². The van der Waals surface area contributed by atoms with E-state index in [1.807, 2.05) is 24.3 Å². The number of hydrogen-bond acceptors (Lipinski definition) is 12. The van der Waals surface area contributed by atoms with Crippen LogP contribution >= 0.6 is 0 Å². The average Bonchev–Trinajstić information content (AvgIpc) is 3.26. The molecule has 1 atom stereocenters. The van der Waals surface area contributed by atoms with Gasteiger partial charge in [-0.05, 0) is 67.8 Å². The summed E-state index contributed by atoms with van der Waals surface area (Å²) in [5.74, 6) is 0.625. The van der Waals surface area contributed by atoms with Crippen LogP contribution < -0.4 is 39.8 Å². The van der Waals surface area contributed by atoms with Crippen LogP contribution in [0.1, 0.15) is 92.5 Å². The number of carbonyl (C=O) groups is 4. The van der Waals surface area contributed by atoms with E-state index in [0.29, 0.717) is 46.8 Å². The molecule has 3 heterocycles. The van der Waals surface area contributed by atoms with E-state index in [0.717, 1.165) is 57.5 Å². The van der Waals surface area contributed by atoms with Gasteiger partial charge in [-0.1, -0.05) is 27.7 Å². The van der Waals surface area contributed by atoms with Crippen LogP contribution in [-0.2, 0) is 14.3 Å². The molecule has 0 unspecified atom stereocenters. The van der Waals surface area contributed by atoms with E-state index in [-0.39, 0.29) is 64.9 Å². The van der Waals surface area contributed by atoms with E-state index in [1.54, 1.807) is 36.4 Å². The Morgan fingerprint density at radius 3 is 2.17 bits per heavy atom. The summed E-state index contributed by atoms with van der Waals surface area (Å²) in [6.45, 7) is 12.6. The molecular formula is C48H58N6O9. The summed E-state index contributed by atoms with van der Waals surface area (Å²) in [6, 6.07) is 19.8. The van der Waals surface area contributed by atoms with Crippen LogP contribution in [0.15, 0.2) is 60.7 Å². The van der Waals surface area contributed by atoms with E-state index in [9.17, 15) is 24.4 Å². The number of nitriles is 1. The van der Waals surface area contributed by atoms with Crippen molar-refractivity contribution in [1.29, 1.82) is 5.26 Å².